The first-order valence-corrected chi connectivity index (χ1v) is 6.39. The highest BCUT2D eigenvalue weighted by molar-refractivity contribution is 5.90. The summed E-state index contributed by atoms with van der Waals surface area (Å²) in [6.07, 6.45) is 2.68. The second kappa shape index (κ2) is 6.70. The molecular formula is C14H16FN3O2. The largest absolute Gasteiger partial charge is 0.493 e. The SMILES string of the molecule is CCc1cn[nH]c1NC(=O)CCOc1ccc(F)cc1. The van der Waals surface area contributed by atoms with Gasteiger partial charge in [0.1, 0.15) is 17.4 Å². The van der Waals surface area contributed by atoms with Gasteiger partial charge in [-0.1, -0.05) is 6.92 Å². The number of aromatic nitrogens is 2. The molecule has 0 saturated heterocycles. The summed E-state index contributed by atoms with van der Waals surface area (Å²) in [5.41, 5.74) is 0.956. The number of H-pyrrole nitrogens is 1. The summed E-state index contributed by atoms with van der Waals surface area (Å²) in [5.74, 6) is 0.682. The molecule has 20 heavy (non-hydrogen) atoms. The van der Waals surface area contributed by atoms with E-state index in [0.717, 1.165) is 12.0 Å². The number of aromatic amines is 1. The molecule has 0 radical (unpaired) electrons. The van der Waals surface area contributed by atoms with E-state index >= 15 is 0 Å². The summed E-state index contributed by atoms with van der Waals surface area (Å²) in [5, 5.41) is 9.35. The van der Waals surface area contributed by atoms with Crippen molar-refractivity contribution in [1.29, 1.82) is 0 Å². The number of aryl methyl sites for hydroxylation is 1. The second-order valence-electron chi connectivity index (χ2n) is 4.22. The Hall–Kier alpha value is -2.37. The Bertz CT molecular complexity index is 566. The van der Waals surface area contributed by atoms with Crippen LogP contribution >= 0.6 is 0 Å². The molecule has 6 heteroatoms. The Morgan fingerprint density at radius 3 is 2.85 bits per heavy atom. The molecule has 0 saturated carbocycles. The number of hydrogen-bond donors (Lipinski definition) is 2. The third-order valence-corrected chi connectivity index (χ3v) is 2.77. The molecule has 1 heterocycles. The lowest BCUT2D eigenvalue weighted by Crippen LogP contribution is -2.16. The van der Waals surface area contributed by atoms with Gasteiger partial charge in [-0.2, -0.15) is 5.10 Å². The van der Waals surface area contributed by atoms with Crippen molar-refractivity contribution < 1.29 is 13.9 Å². The Kier molecular flexibility index (Phi) is 4.70. The first kappa shape index (κ1) is 14.0. The van der Waals surface area contributed by atoms with E-state index in [9.17, 15) is 9.18 Å². The standard InChI is InChI=1S/C14H16FN3O2/c1-2-10-9-16-18-14(10)17-13(19)7-8-20-12-5-3-11(15)4-6-12/h3-6,9H,2,7-8H2,1H3,(H2,16,17,18,19). The van der Waals surface area contributed by atoms with Crippen LogP contribution in [0.4, 0.5) is 10.2 Å². The third-order valence-electron chi connectivity index (χ3n) is 2.77. The van der Waals surface area contributed by atoms with Gasteiger partial charge in [-0.3, -0.25) is 9.89 Å². The van der Waals surface area contributed by atoms with Crippen molar-refractivity contribution in [2.24, 2.45) is 0 Å². The zero-order chi connectivity index (χ0) is 14.4. The lowest BCUT2D eigenvalue weighted by molar-refractivity contribution is -0.116. The second-order valence-corrected chi connectivity index (χ2v) is 4.22. The van der Waals surface area contributed by atoms with Crippen LogP contribution in [-0.4, -0.2) is 22.7 Å². The molecule has 2 rings (SSSR count). The van der Waals surface area contributed by atoms with E-state index in [1.807, 2.05) is 6.92 Å². The summed E-state index contributed by atoms with van der Waals surface area (Å²) < 4.78 is 18.0. The van der Waals surface area contributed by atoms with Crippen LogP contribution in [0.15, 0.2) is 30.5 Å². The van der Waals surface area contributed by atoms with Crippen LogP contribution in [0.1, 0.15) is 18.9 Å². The van der Waals surface area contributed by atoms with Gasteiger partial charge >= 0.3 is 0 Å². The molecule has 5 nitrogen and oxygen atoms in total. The number of benzene rings is 1. The van der Waals surface area contributed by atoms with Crippen LogP contribution in [0, 0.1) is 5.82 Å². The summed E-state index contributed by atoms with van der Waals surface area (Å²) >= 11 is 0. The van der Waals surface area contributed by atoms with Crippen molar-refractivity contribution in [3.8, 4) is 5.75 Å². The maximum Gasteiger partial charge on any atom is 0.228 e. The lowest BCUT2D eigenvalue weighted by atomic mass is 10.2. The Morgan fingerprint density at radius 2 is 2.15 bits per heavy atom. The molecule has 1 amide bonds. The molecule has 0 aliphatic rings. The maximum atomic E-state index is 12.7. The van der Waals surface area contributed by atoms with Gasteiger partial charge in [0.05, 0.1) is 19.2 Å². The fourth-order valence-electron chi connectivity index (χ4n) is 1.68. The van der Waals surface area contributed by atoms with Gasteiger partial charge in [0.25, 0.3) is 0 Å². The van der Waals surface area contributed by atoms with E-state index in [-0.39, 0.29) is 24.8 Å². The Morgan fingerprint density at radius 1 is 1.40 bits per heavy atom. The number of halogens is 1. The van der Waals surface area contributed by atoms with Crippen LogP contribution in [0.25, 0.3) is 0 Å². The molecule has 2 aromatic rings. The highest BCUT2D eigenvalue weighted by Gasteiger charge is 2.07. The molecule has 1 aromatic carbocycles. The smallest absolute Gasteiger partial charge is 0.228 e. The summed E-state index contributed by atoms with van der Waals surface area (Å²) in [4.78, 5) is 11.7. The van der Waals surface area contributed by atoms with Crippen molar-refractivity contribution >= 4 is 11.7 Å². The van der Waals surface area contributed by atoms with Crippen molar-refractivity contribution in [2.45, 2.75) is 19.8 Å². The van der Waals surface area contributed by atoms with Crippen molar-refractivity contribution in [3.05, 3.63) is 41.8 Å². The first-order chi connectivity index (χ1) is 9.69. The number of hydrogen-bond acceptors (Lipinski definition) is 3. The monoisotopic (exact) mass is 277 g/mol. The summed E-state index contributed by atoms with van der Waals surface area (Å²) in [6.45, 7) is 2.21. The molecule has 0 spiro atoms. The third kappa shape index (κ3) is 3.81. The van der Waals surface area contributed by atoms with E-state index in [1.165, 1.54) is 24.3 Å². The topological polar surface area (TPSA) is 67.0 Å². The summed E-state index contributed by atoms with van der Waals surface area (Å²) in [7, 11) is 0. The van der Waals surface area contributed by atoms with Crippen molar-refractivity contribution in [1.82, 2.24) is 10.2 Å². The van der Waals surface area contributed by atoms with E-state index < -0.39 is 0 Å². The quantitative estimate of drug-likeness (QED) is 0.852. The van der Waals surface area contributed by atoms with Gasteiger partial charge in [-0.25, -0.2) is 4.39 Å². The van der Waals surface area contributed by atoms with Crippen molar-refractivity contribution in [2.75, 3.05) is 11.9 Å². The zero-order valence-electron chi connectivity index (χ0n) is 11.1. The molecule has 0 aliphatic heterocycles. The van der Waals surface area contributed by atoms with Gasteiger partial charge in [0, 0.05) is 5.56 Å². The lowest BCUT2D eigenvalue weighted by Gasteiger charge is -2.07. The first-order valence-electron chi connectivity index (χ1n) is 6.39. The van der Waals surface area contributed by atoms with E-state index in [2.05, 4.69) is 15.5 Å². The molecule has 0 aliphatic carbocycles. The summed E-state index contributed by atoms with van der Waals surface area (Å²) in [6, 6.07) is 5.68. The maximum absolute atomic E-state index is 12.7. The Balaban J connectivity index is 1.76. The molecule has 0 fully saturated rings. The Labute approximate surface area is 116 Å². The molecule has 1 aromatic heterocycles. The highest BCUT2D eigenvalue weighted by atomic mass is 19.1. The number of nitrogens with one attached hydrogen (secondary N) is 2. The minimum Gasteiger partial charge on any atom is -0.493 e. The average Bonchev–Trinajstić information content (AvgIpc) is 2.88. The molecular weight excluding hydrogens is 261 g/mol. The molecule has 0 atom stereocenters. The van der Waals surface area contributed by atoms with E-state index in [4.69, 9.17) is 4.74 Å². The number of amides is 1. The molecule has 0 unspecified atom stereocenters. The highest BCUT2D eigenvalue weighted by Crippen LogP contribution is 2.13. The predicted molar refractivity (Wildman–Crippen MR) is 73.1 cm³/mol. The minimum atomic E-state index is -0.318. The number of anilines is 1. The van der Waals surface area contributed by atoms with Crippen LogP contribution in [0.3, 0.4) is 0 Å². The van der Waals surface area contributed by atoms with Crippen LogP contribution in [0.2, 0.25) is 0 Å². The number of ether oxygens (including phenoxy) is 1. The van der Waals surface area contributed by atoms with Gasteiger partial charge in [-0.05, 0) is 30.7 Å². The minimum absolute atomic E-state index is 0.161. The van der Waals surface area contributed by atoms with Crippen molar-refractivity contribution in [3.63, 3.8) is 0 Å². The predicted octanol–water partition coefficient (Wildman–Crippen LogP) is 2.52. The number of nitrogens with zero attached hydrogens (tertiary/aromatic N) is 1. The number of rotatable bonds is 6. The van der Waals surface area contributed by atoms with E-state index in [0.29, 0.717) is 11.6 Å². The zero-order valence-corrected chi connectivity index (χ0v) is 11.1. The number of carbonyl (C=O) groups excluding carboxylic acids is 1. The molecule has 106 valence electrons. The van der Waals surface area contributed by atoms with Gasteiger partial charge in [0.2, 0.25) is 5.91 Å². The normalized spacial score (nSPS) is 10.3. The fourth-order valence-corrected chi connectivity index (χ4v) is 1.68. The van der Waals surface area contributed by atoms with Crippen LogP contribution in [0.5, 0.6) is 5.75 Å². The fraction of sp³-hybridized carbons (Fsp3) is 0.286. The van der Waals surface area contributed by atoms with Gasteiger partial charge in [0.15, 0.2) is 0 Å². The van der Waals surface area contributed by atoms with E-state index in [1.54, 1.807) is 6.20 Å². The molecule has 0 bridgehead atoms. The van der Waals surface area contributed by atoms with Crippen LogP contribution in [-0.2, 0) is 11.2 Å². The average molecular weight is 277 g/mol. The van der Waals surface area contributed by atoms with Crippen LogP contribution < -0.4 is 10.1 Å². The van der Waals surface area contributed by atoms with Gasteiger partial charge in [-0.15, -0.1) is 0 Å². The van der Waals surface area contributed by atoms with Gasteiger partial charge < -0.3 is 10.1 Å². The molecule has 2 N–H and O–H groups in total. The number of carbonyl (C=O) groups is 1.